The van der Waals surface area contributed by atoms with Gasteiger partial charge in [-0.15, -0.1) is 0 Å². The molecule has 0 spiro atoms. The second kappa shape index (κ2) is 3.99. The van der Waals surface area contributed by atoms with Crippen molar-refractivity contribution in [2.24, 2.45) is 5.73 Å². The first kappa shape index (κ1) is 11.3. The topological polar surface area (TPSA) is 101 Å². The van der Waals surface area contributed by atoms with Gasteiger partial charge in [-0.3, -0.25) is 19.7 Å². The summed E-state index contributed by atoms with van der Waals surface area (Å²) in [5, 5.41) is 4.72. The van der Waals surface area contributed by atoms with E-state index >= 15 is 0 Å². The SMILES string of the molecule is C[C@@H](N)C(=O)Nc1ccc2c(c1)C(=O)NC2=O. The van der Waals surface area contributed by atoms with Gasteiger partial charge < -0.3 is 11.1 Å². The van der Waals surface area contributed by atoms with Gasteiger partial charge in [-0.1, -0.05) is 0 Å². The van der Waals surface area contributed by atoms with E-state index in [9.17, 15) is 14.4 Å². The fraction of sp³-hybridized carbons (Fsp3) is 0.182. The maximum atomic E-state index is 11.4. The van der Waals surface area contributed by atoms with Crippen molar-refractivity contribution >= 4 is 23.4 Å². The summed E-state index contributed by atoms with van der Waals surface area (Å²) in [4.78, 5) is 34.0. The van der Waals surface area contributed by atoms with E-state index in [0.717, 1.165) is 0 Å². The summed E-state index contributed by atoms with van der Waals surface area (Å²) in [5.41, 5.74) is 6.42. The summed E-state index contributed by atoms with van der Waals surface area (Å²) in [6.45, 7) is 1.55. The van der Waals surface area contributed by atoms with Crippen LogP contribution in [-0.2, 0) is 4.79 Å². The van der Waals surface area contributed by atoms with E-state index in [-0.39, 0.29) is 11.5 Å². The van der Waals surface area contributed by atoms with Crippen molar-refractivity contribution in [3.05, 3.63) is 29.3 Å². The second-order valence-electron chi connectivity index (χ2n) is 3.82. The molecule has 6 heteroatoms. The average molecular weight is 233 g/mol. The lowest BCUT2D eigenvalue weighted by molar-refractivity contribution is -0.117. The third-order valence-electron chi connectivity index (χ3n) is 2.42. The number of anilines is 1. The zero-order valence-corrected chi connectivity index (χ0v) is 9.11. The molecule has 0 aliphatic carbocycles. The molecule has 4 N–H and O–H groups in total. The van der Waals surface area contributed by atoms with Gasteiger partial charge in [0.1, 0.15) is 0 Å². The van der Waals surface area contributed by atoms with Crippen LogP contribution in [0.3, 0.4) is 0 Å². The molecule has 6 nitrogen and oxygen atoms in total. The van der Waals surface area contributed by atoms with Crippen molar-refractivity contribution in [2.45, 2.75) is 13.0 Å². The lowest BCUT2D eigenvalue weighted by Gasteiger charge is -2.08. The van der Waals surface area contributed by atoms with E-state index < -0.39 is 17.9 Å². The van der Waals surface area contributed by atoms with Gasteiger partial charge in [-0.05, 0) is 25.1 Å². The first-order chi connectivity index (χ1) is 7.99. The molecule has 2 rings (SSSR count). The Morgan fingerprint density at radius 2 is 1.94 bits per heavy atom. The fourth-order valence-electron chi connectivity index (χ4n) is 1.50. The number of hydrogen-bond acceptors (Lipinski definition) is 4. The summed E-state index contributed by atoms with van der Waals surface area (Å²) < 4.78 is 0. The minimum atomic E-state index is -0.640. The standard InChI is InChI=1S/C11H11N3O3/c1-5(12)9(15)13-6-2-3-7-8(4-6)11(17)14-10(7)16/h2-5H,12H2,1H3,(H,13,15)(H,14,16,17)/t5-/m1/s1. The molecular formula is C11H11N3O3. The highest BCUT2D eigenvalue weighted by molar-refractivity contribution is 6.22. The van der Waals surface area contributed by atoms with Gasteiger partial charge in [0.05, 0.1) is 17.2 Å². The Labute approximate surface area is 97.2 Å². The van der Waals surface area contributed by atoms with Crippen LogP contribution in [-0.4, -0.2) is 23.8 Å². The van der Waals surface area contributed by atoms with Crippen molar-refractivity contribution in [2.75, 3.05) is 5.32 Å². The van der Waals surface area contributed by atoms with Gasteiger partial charge in [0.25, 0.3) is 11.8 Å². The Bertz CT molecular complexity index is 523. The van der Waals surface area contributed by atoms with Gasteiger partial charge in [0.15, 0.2) is 0 Å². The van der Waals surface area contributed by atoms with Crippen LogP contribution in [0.15, 0.2) is 18.2 Å². The Kier molecular flexibility index (Phi) is 2.64. The van der Waals surface area contributed by atoms with Crippen LogP contribution in [0.1, 0.15) is 27.6 Å². The second-order valence-corrected chi connectivity index (χ2v) is 3.82. The number of rotatable bonds is 2. The van der Waals surface area contributed by atoms with Crippen LogP contribution in [0.25, 0.3) is 0 Å². The summed E-state index contributed by atoms with van der Waals surface area (Å²) in [6, 6.07) is 3.86. The molecule has 1 aromatic carbocycles. The van der Waals surface area contributed by atoms with E-state index in [1.54, 1.807) is 13.0 Å². The van der Waals surface area contributed by atoms with Crippen molar-refractivity contribution in [1.82, 2.24) is 5.32 Å². The minimum Gasteiger partial charge on any atom is -0.325 e. The largest absolute Gasteiger partial charge is 0.325 e. The van der Waals surface area contributed by atoms with Crippen LogP contribution >= 0.6 is 0 Å². The molecule has 88 valence electrons. The summed E-state index contributed by atoms with van der Waals surface area (Å²) in [5.74, 6) is -1.23. The molecule has 1 aliphatic heterocycles. The van der Waals surface area contributed by atoms with Crippen LogP contribution in [0.4, 0.5) is 5.69 Å². The average Bonchev–Trinajstić information content (AvgIpc) is 2.54. The molecular weight excluding hydrogens is 222 g/mol. The molecule has 0 fully saturated rings. The van der Waals surface area contributed by atoms with Crippen molar-refractivity contribution in [1.29, 1.82) is 0 Å². The van der Waals surface area contributed by atoms with Crippen molar-refractivity contribution in [3.8, 4) is 0 Å². The van der Waals surface area contributed by atoms with E-state index in [1.807, 2.05) is 0 Å². The van der Waals surface area contributed by atoms with E-state index in [4.69, 9.17) is 5.73 Å². The quantitative estimate of drug-likeness (QED) is 0.618. The molecule has 1 aromatic rings. The van der Waals surface area contributed by atoms with Gasteiger partial charge in [-0.25, -0.2) is 0 Å². The van der Waals surface area contributed by atoms with Gasteiger partial charge in [0.2, 0.25) is 5.91 Å². The first-order valence-corrected chi connectivity index (χ1v) is 5.05. The molecule has 3 amide bonds. The monoisotopic (exact) mass is 233 g/mol. The zero-order valence-electron chi connectivity index (χ0n) is 9.11. The number of benzene rings is 1. The van der Waals surface area contributed by atoms with Crippen molar-refractivity contribution in [3.63, 3.8) is 0 Å². The molecule has 1 aliphatic rings. The van der Waals surface area contributed by atoms with Gasteiger partial charge >= 0.3 is 0 Å². The molecule has 1 heterocycles. The fourth-order valence-corrected chi connectivity index (χ4v) is 1.50. The lowest BCUT2D eigenvalue weighted by Crippen LogP contribution is -2.32. The maximum absolute atomic E-state index is 11.4. The summed E-state index contributed by atoms with van der Waals surface area (Å²) >= 11 is 0. The van der Waals surface area contributed by atoms with Gasteiger partial charge in [0, 0.05) is 5.69 Å². The van der Waals surface area contributed by atoms with Crippen molar-refractivity contribution < 1.29 is 14.4 Å². The number of fused-ring (bicyclic) bond motifs is 1. The van der Waals surface area contributed by atoms with E-state index in [0.29, 0.717) is 11.3 Å². The van der Waals surface area contributed by atoms with Crippen LogP contribution in [0, 0.1) is 0 Å². The number of nitrogens with two attached hydrogens (primary N) is 1. The normalized spacial score (nSPS) is 15.2. The molecule has 0 radical (unpaired) electrons. The van der Waals surface area contributed by atoms with Crippen LogP contribution in [0.2, 0.25) is 0 Å². The maximum Gasteiger partial charge on any atom is 0.259 e. The number of hydrogen-bond donors (Lipinski definition) is 3. The Morgan fingerprint density at radius 1 is 1.29 bits per heavy atom. The van der Waals surface area contributed by atoms with E-state index in [2.05, 4.69) is 10.6 Å². The molecule has 0 bridgehead atoms. The molecule has 0 saturated heterocycles. The highest BCUT2D eigenvalue weighted by Gasteiger charge is 2.26. The number of carbonyl (C=O) groups excluding carboxylic acids is 3. The number of imide groups is 1. The molecule has 0 saturated carbocycles. The third kappa shape index (κ3) is 2.02. The predicted molar refractivity (Wildman–Crippen MR) is 60.5 cm³/mol. The van der Waals surface area contributed by atoms with Gasteiger partial charge in [-0.2, -0.15) is 0 Å². The Balaban J connectivity index is 2.29. The Morgan fingerprint density at radius 3 is 2.59 bits per heavy atom. The number of nitrogens with one attached hydrogen (secondary N) is 2. The predicted octanol–water partition coefficient (Wildman–Crippen LogP) is -0.144. The molecule has 0 aromatic heterocycles. The number of amides is 3. The summed E-state index contributed by atoms with van der Waals surface area (Å²) in [7, 11) is 0. The molecule has 17 heavy (non-hydrogen) atoms. The lowest BCUT2D eigenvalue weighted by atomic mass is 10.1. The van der Waals surface area contributed by atoms with Crippen LogP contribution < -0.4 is 16.4 Å². The highest BCUT2D eigenvalue weighted by atomic mass is 16.2. The minimum absolute atomic E-state index is 0.262. The number of carbonyl (C=O) groups is 3. The smallest absolute Gasteiger partial charge is 0.259 e. The van der Waals surface area contributed by atoms with E-state index in [1.165, 1.54) is 12.1 Å². The highest BCUT2D eigenvalue weighted by Crippen LogP contribution is 2.20. The molecule has 1 atom stereocenters. The summed E-state index contributed by atoms with van der Waals surface area (Å²) in [6.07, 6.45) is 0. The third-order valence-corrected chi connectivity index (χ3v) is 2.42. The molecule has 0 unspecified atom stereocenters. The van der Waals surface area contributed by atoms with Crippen LogP contribution in [0.5, 0.6) is 0 Å². The Hall–Kier alpha value is -2.21. The zero-order chi connectivity index (χ0) is 12.6. The first-order valence-electron chi connectivity index (χ1n) is 5.05.